The normalized spacial score (nSPS) is 18.1. The van der Waals surface area contributed by atoms with E-state index in [2.05, 4.69) is 34.1 Å². The van der Waals surface area contributed by atoms with Crippen molar-refractivity contribution in [3.63, 3.8) is 0 Å². The Morgan fingerprint density at radius 1 is 0.935 bits per heavy atom. The third kappa shape index (κ3) is 9.33. The van der Waals surface area contributed by atoms with Crippen molar-refractivity contribution in [2.75, 3.05) is 18.5 Å². The van der Waals surface area contributed by atoms with Crippen LogP contribution in [0.4, 0.5) is 0 Å². The number of hydrogen-bond donors (Lipinski definition) is 0. The Balaban J connectivity index is 1.70. The number of ether oxygens (including phenoxy) is 2. The smallest absolute Gasteiger partial charge is 0.342 e. The van der Waals surface area contributed by atoms with Crippen LogP contribution in [0.25, 0.3) is 5.57 Å². The quantitative estimate of drug-likeness (QED) is 0.135. The lowest BCUT2D eigenvalue weighted by Crippen LogP contribution is -2.42. The van der Waals surface area contributed by atoms with Crippen molar-refractivity contribution in [2.24, 2.45) is 0 Å². The molecule has 1 aliphatic carbocycles. The molecule has 172 valence electrons. The predicted molar refractivity (Wildman–Crippen MR) is 133 cm³/mol. The van der Waals surface area contributed by atoms with Gasteiger partial charge in [-0.15, -0.1) is 0 Å². The zero-order chi connectivity index (χ0) is 22.2. The Bertz CT molecular complexity index is 683. The number of carbonyl (C=O) groups is 1. The van der Waals surface area contributed by atoms with Gasteiger partial charge in [0.15, 0.2) is 5.60 Å². The number of hydrogen-bond acceptors (Lipinski definition) is 3. The summed E-state index contributed by atoms with van der Waals surface area (Å²) in [7, 11) is 0. The summed E-state index contributed by atoms with van der Waals surface area (Å²) in [6, 6.07) is 10.2. The fraction of sp³-hybridized carbons (Fsp3) is 0.593. The molecule has 0 N–H and O–H groups in total. The predicted octanol–water partition coefficient (Wildman–Crippen LogP) is 7.64. The van der Waals surface area contributed by atoms with Crippen LogP contribution in [0.2, 0.25) is 0 Å². The van der Waals surface area contributed by atoms with Crippen LogP contribution in [0.1, 0.15) is 83.1 Å². The van der Waals surface area contributed by atoms with Crippen molar-refractivity contribution in [3.8, 4) is 0 Å². The van der Waals surface area contributed by atoms with E-state index in [-0.39, 0.29) is 5.97 Å². The van der Waals surface area contributed by atoms with Crippen LogP contribution < -0.4 is 0 Å². The first-order chi connectivity index (χ1) is 15.2. The number of carbonyl (C=O) groups excluding carboxylic acids is 1. The van der Waals surface area contributed by atoms with Gasteiger partial charge in [-0.1, -0.05) is 110 Å². The lowest BCUT2D eigenvalue weighted by atomic mass is 9.89. The summed E-state index contributed by atoms with van der Waals surface area (Å²) in [6.07, 6.45) is 19.2. The topological polar surface area (TPSA) is 35.5 Å². The minimum absolute atomic E-state index is 0.283. The highest BCUT2D eigenvalue weighted by Gasteiger charge is 2.39. The largest absolute Gasteiger partial charge is 0.464 e. The SMILES string of the molecule is CCOC(=O)C1(OCCCCCCCCCCCCBr)C=CC(c2ccccc2)=CC1. The van der Waals surface area contributed by atoms with Gasteiger partial charge in [0, 0.05) is 18.4 Å². The van der Waals surface area contributed by atoms with E-state index in [1.807, 2.05) is 37.3 Å². The number of alkyl halides is 1. The molecule has 0 fully saturated rings. The molecule has 1 aromatic carbocycles. The van der Waals surface area contributed by atoms with Crippen molar-refractivity contribution in [3.05, 3.63) is 54.1 Å². The summed E-state index contributed by atoms with van der Waals surface area (Å²) in [4.78, 5) is 12.7. The van der Waals surface area contributed by atoms with Crippen LogP contribution in [0.5, 0.6) is 0 Å². The lowest BCUT2D eigenvalue weighted by Gasteiger charge is -2.30. The molecule has 31 heavy (non-hydrogen) atoms. The number of allylic oxidation sites excluding steroid dienone is 2. The number of unbranched alkanes of at least 4 members (excludes halogenated alkanes) is 9. The van der Waals surface area contributed by atoms with Crippen LogP contribution in [-0.4, -0.2) is 30.1 Å². The van der Waals surface area contributed by atoms with Crippen molar-refractivity contribution in [2.45, 2.75) is 83.2 Å². The molecule has 0 aliphatic heterocycles. The van der Waals surface area contributed by atoms with Gasteiger partial charge in [-0.25, -0.2) is 4.79 Å². The van der Waals surface area contributed by atoms with E-state index in [0.717, 1.165) is 29.3 Å². The average Bonchev–Trinajstić information content (AvgIpc) is 2.81. The van der Waals surface area contributed by atoms with Gasteiger partial charge in [-0.2, -0.15) is 0 Å². The summed E-state index contributed by atoms with van der Waals surface area (Å²) >= 11 is 3.49. The van der Waals surface area contributed by atoms with E-state index in [1.54, 1.807) is 0 Å². The molecule has 0 saturated carbocycles. The van der Waals surface area contributed by atoms with Crippen LogP contribution >= 0.6 is 15.9 Å². The van der Waals surface area contributed by atoms with Gasteiger partial charge in [0.1, 0.15) is 0 Å². The van der Waals surface area contributed by atoms with E-state index < -0.39 is 5.60 Å². The van der Waals surface area contributed by atoms with E-state index in [9.17, 15) is 4.79 Å². The zero-order valence-electron chi connectivity index (χ0n) is 19.1. The number of rotatable bonds is 16. The highest BCUT2D eigenvalue weighted by atomic mass is 79.9. The maximum absolute atomic E-state index is 12.7. The molecule has 3 nitrogen and oxygen atoms in total. The Hall–Kier alpha value is -1.39. The molecule has 2 rings (SSSR count). The van der Waals surface area contributed by atoms with Crippen molar-refractivity contribution < 1.29 is 14.3 Å². The summed E-state index contributed by atoms with van der Waals surface area (Å²) in [5.74, 6) is -0.283. The molecular weight excluding hydrogens is 452 g/mol. The molecule has 1 unspecified atom stereocenters. The molecule has 1 aliphatic rings. The first-order valence-electron chi connectivity index (χ1n) is 12.0. The molecule has 0 amide bonds. The van der Waals surface area contributed by atoms with Gasteiger partial charge in [-0.3, -0.25) is 0 Å². The third-order valence-electron chi connectivity index (χ3n) is 5.77. The highest BCUT2D eigenvalue weighted by Crippen LogP contribution is 2.31. The summed E-state index contributed by atoms with van der Waals surface area (Å²) in [6.45, 7) is 2.79. The van der Waals surface area contributed by atoms with Gasteiger partial charge in [0.25, 0.3) is 0 Å². The molecule has 0 spiro atoms. The fourth-order valence-electron chi connectivity index (χ4n) is 3.90. The van der Waals surface area contributed by atoms with Crippen LogP contribution in [-0.2, 0) is 14.3 Å². The standard InChI is InChI=1S/C27H39BrO3/c1-2-30-26(29)27(20-18-25(19-21-27)24-16-12-11-13-17-24)31-23-15-10-8-6-4-3-5-7-9-14-22-28/h11-13,16-20H,2-10,14-15,21-23H2,1H3. The molecule has 1 aromatic rings. The summed E-state index contributed by atoms with van der Waals surface area (Å²) in [5, 5.41) is 1.13. The zero-order valence-corrected chi connectivity index (χ0v) is 20.7. The molecule has 0 radical (unpaired) electrons. The number of benzene rings is 1. The summed E-state index contributed by atoms with van der Waals surface area (Å²) < 4.78 is 11.5. The number of esters is 1. The first-order valence-corrected chi connectivity index (χ1v) is 13.2. The number of halogens is 1. The Morgan fingerprint density at radius 3 is 2.10 bits per heavy atom. The molecule has 0 bridgehead atoms. The molecule has 1 atom stereocenters. The summed E-state index contributed by atoms with van der Waals surface area (Å²) in [5.41, 5.74) is 1.29. The minimum Gasteiger partial charge on any atom is -0.464 e. The van der Waals surface area contributed by atoms with Gasteiger partial charge >= 0.3 is 5.97 Å². The first kappa shape index (κ1) is 25.9. The second-order valence-electron chi connectivity index (χ2n) is 8.25. The lowest BCUT2D eigenvalue weighted by molar-refractivity contribution is -0.165. The van der Waals surface area contributed by atoms with E-state index in [1.165, 1.54) is 51.4 Å². The van der Waals surface area contributed by atoms with Crippen LogP contribution in [0.15, 0.2) is 48.6 Å². The minimum atomic E-state index is -0.983. The van der Waals surface area contributed by atoms with E-state index in [0.29, 0.717) is 19.6 Å². The Morgan fingerprint density at radius 2 is 1.55 bits per heavy atom. The second kappa shape index (κ2) is 15.4. The second-order valence-corrected chi connectivity index (χ2v) is 9.04. The van der Waals surface area contributed by atoms with Gasteiger partial charge in [0.2, 0.25) is 0 Å². The molecule has 4 heteroatoms. The Kier molecular flexibility index (Phi) is 12.9. The maximum atomic E-state index is 12.7. The fourth-order valence-corrected chi connectivity index (χ4v) is 4.30. The Labute approximate surface area is 197 Å². The molecule has 0 aromatic heterocycles. The van der Waals surface area contributed by atoms with Crippen molar-refractivity contribution in [1.29, 1.82) is 0 Å². The maximum Gasteiger partial charge on any atom is 0.342 e. The highest BCUT2D eigenvalue weighted by molar-refractivity contribution is 9.09. The van der Waals surface area contributed by atoms with Crippen LogP contribution in [0.3, 0.4) is 0 Å². The average molecular weight is 492 g/mol. The van der Waals surface area contributed by atoms with Crippen molar-refractivity contribution in [1.82, 2.24) is 0 Å². The monoisotopic (exact) mass is 490 g/mol. The van der Waals surface area contributed by atoms with Gasteiger partial charge in [0.05, 0.1) is 6.61 Å². The van der Waals surface area contributed by atoms with Crippen molar-refractivity contribution >= 4 is 27.5 Å². The van der Waals surface area contributed by atoms with E-state index >= 15 is 0 Å². The third-order valence-corrected chi connectivity index (χ3v) is 6.33. The van der Waals surface area contributed by atoms with Crippen LogP contribution in [0, 0.1) is 0 Å². The van der Waals surface area contributed by atoms with Gasteiger partial charge in [-0.05, 0) is 37.0 Å². The van der Waals surface area contributed by atoms with E-state index in [4.69, 9.17) is 9.47 Å². The molecule has 0 saturated heterocycles. The molecule has 0 heterocycles. The van der Waals surface area contributed by atoms with Gasteiger partial charge < -0.3 is 9.47 Å². The molecular formula is C27H39BrO3.